The zero-order valence-corrected chi connectivity index (χ0v) is 27.5. The molecular formula is C28H46Cl3N7O4. The minimum atomic E-state index is -0.0466. The predicted octanol–water partition coefficient (Wildman–Crippen LogP) is -0.794. The van der Waals surface area contributed by atoms with Crippen LogP contribution >= 0.6 is 24.8 Å². The van der Waals surface area contributed by atoms with Crippen molar-refractivity contribution in [1.82, 2.24) is 24.1 Å². The molecule has 238 valence electrons. The molecule has 0 radical (unpaired) electrons. The van der Waals surface area contributed by atoms with E-state index in [0.717, 1.165) is 73.9 Å². The van der Waals surface area contributed by atoms with Crippen LogP contribution in [0.5, 0.6) is 0 Å². The number of carbonyl (C=O) groups is 1. The Labute approximate surface area is 267 Å². The maximum Gasteiger partial charge on any atom is 0.271 e. The summed E-state index contributed by atoms with van der Waals surface area (Å²) in [5.74, 6) is 0.956. The first-order chi connectivity index (χ1) is 19.1. The van der Waals surface area contributed by atoms with Crippen molar-refractivity contribution in [3.05, 3.63) is 35.9 Å². The molecule has 0 unspecified atom stereocenters. The monoisotopic (exact) mass is 649 g/mol. The summed E-state index contributed by atoms with van der Waals surface area (Å²) in [6, 6.07) is 4.17. The molecule has 2 aromatic heterocycles. The van der Waals surface area contributed by atoms with Gasteiger partial charge in [-0.05, 0) is 31.5 Å². The SMILES string of the molecule is CCn1c(CN)[n+](CC)c2c(C(=O)N(CCOC)CCOC)cc(-c3cnn(CCN4CCOCC4)c3)cc21.Cl.Cl.[Cl-]. The number of hydrogen-bond donors (Lipinski definition) is 1. The average Bonchev–Trinajstić information content (AvgIpc) is 3.57. The summed E-state index contributed by atoms with van der Waals surface area (Å²) in [5.41, 5.74) is 10.7. The van der Waals surface area contributed by atoms with E-state index in [-0.39, 0.29) is 43.1 Å². The second-order valence-electron chi connectivity index (χ2n) is 9.72. The summed E-state index contributed by atoms with van der Waals surface area (Å²) in [6.07, 6.45) is 3.96. The largest absolute Gasteiger partial charge is 1.00 e. The molecule has 1 fully saturated rings. The van der Waals surface area contributed by atoms with Crippen molar-refractivity contribution in [2.45, 2.75) is 40.0 Å². The molecule has 0 atom stereocenters. The third kappa shape index (κ3) is 8.57. The van der Waals surface area contributed by atoms with Gasteiger partial charge in [0.25, 0.3) is 11.7 Å². The molecule has 0 saturated carbocycles. The number of methoxy groups -OCH3 is 2. The van der Waals surface area contributed by atoms with Crippen LogP contribution in [0, 0.1) is 0 Å². The molecule has 1 amide bonds. The first-order valence-corrected chi connectivity index (χ1v) is 13.9. The number of nitrogens with zero attached hydrogens (tertiary/aromatic N) is 6. The van der Waals surface area contributed by atoms with E-state index in [2.05, 4.69) is 45.2 Å². The maximum absolute atomic E-state index is 14.1. The second kappa shape index (κ2) is 18.6. The Morgan fingerprint density at radius 3 is 2.31 bits per heavy atom. The molecule has 2 N–H and O–H groups in total. The number of aromatic nitrogens is 4. The van der Waals surface area contributed by atoms with Gasteiger partial charge < -0.3 is 37.3 Å². The van der Waals surface area contributed by atoms with Crippen molar-refractivity contribution in [3.8, 4) is 11.1 Å². The first kappa shape index (κ1) is 38.1. The summed E-state index contributed by atoms with van der Waals surface area (Å²) in [5, 5.41) is 4.64. The number of carbonyl (C=O) groups excluding carboxylic acids is 1. The van der Waals surface area contributed by atoms with Gasteiger partial charge in [0.05, 0.1) is 64.4 Å². The number of nitrogens with two attached hydrogens (primary N) is 1. The van der Waals surface area contributed by atoms with Crippen LogP contribution in [-0.4, -0.2) is 103 Å². The number of ether oxygens (including phenoxy) is 3. The molecule has 11 nitrogen and oxygen atoms in total. The highest BCUT2D eigenvalue weighted by molar-refractivity contribution is 6.05. The van der Waals surface area contributed by atoms with E-state index >= 15 is 0 Å². The van der Waals surface area contributed by atoms with E-state index in [1.807, 2.05) is 21.8 Å². The zero-order chi connectivity index (χ0) is 27.8. The fourth-order valence-electron chi connectivity index (χ4n) is 5.36. The number of morpholine rings is 1. The van der Waals surface area contributed by atoms with Gasteiger partial charge >= 0.3 is 0 Å². The Morgan fingerprint density at radius 1 is 1.07 bits per heavy atom. The van der Waals surface area contributed by atoms with Gasteiger partial charge in [0.2, 0.25) is 0 Å². The van der Waals surface area contributed by atoms with Crippen LogP contribution in [0.25, 0.3) is 22.2 Å². The van der Waals surface area contributed by atoms with Crippen LogP contribution in [0.2, 0.25) is 0 Å². The molecule has 3 aromatic rings. The number of rotatable bonds is 14. The van der Waals surface area contributed by atoms with Crippen LogP contribution in [-0.2, 0) is 40.4 Å². The van der Waals surface area contributed by atoms with Gasteiger partial charge in [-0.1, -0.05) is 0 Å². The van der Waals surface area contributed by atoms with E-state index in [0.29, 0.717) is 45.0 Å². The fraction of sp³-hybridized carbons (Fsp3) is 0.607. The quantitative estimate of drug-likeness (QED) is 0.228. The summed E-state index contributed by atoms with van der Waals surface area (Å²) < 4.78 is 22.5. The van der Waals surface area contributed by atoms with Crippen molar-refractivity contribution in [1.29, 1.82) is 0 Å². The molecule has 0 aliphatic carbocycles. The van der Waals surface area contributed by atoms with E-state index in [1.165, 1.54) is 0 Å². The number of halogens is 3. The number of aryl methyl sites for hydroxylation is 2. The van der Waals surface area contributed by atoms with E-state index in [1.54, 1.807) is 14.2 Å². The van der Waals surface area contributed by atoms with Gasteiger partial charge in [-0.15, -0.1) is 24.8 Å². The molecule has 0 bridgehead atoms. The molecule has 3 heterocycles. The van der Waals surface area contributed by atoms with Crippen molar-refractivity contribution in [2.24, 2.45) is 5.73 Å². The lowest BCUT2D eigenvalue weighted by Gasteiger charge is -2.26. The molecular weight excluding hydrogens is 605 g/mol. The molecule has 42 heavy (non-hydrogen) atoms. The Balaban J connectivity index is 0.00000294. The Morgan fingerprint density at radius 2 is 1.74 bits per heavy atom. The fourth-order valence-corrected chi connectivity index (χ4v) is 5.36. The van der Waals surface area contributed by atoms with Crippen molar-refractivity contribution in [2.75, 3.05) is 73.4 Å². The number of fused-ring (bicyclic) bond motifs is 1. The molecule has 1 saturated heterocycles. The van der Waals surface area contributed by atoms with E-state index < -0.39 is 0 Å². The van der Waals surface area contributed by atoms with Crippen molar-refractivity contribution in [3.63, 3.8) is 0 Å². The van der Waals surface area contributed by atoms with Gasteiger partial charge in [0, 0.05) is 58.7 Å². The van der Waals surface area contributed by atoms with E-state index in [4.69, 9.17) is 19.9 Å². The normalized spacial score (nSPS) is 13.4. The lowest BCUT2D eigenvalue weighted by atomic mass is 10.0. The smallest absolute Gasteiger partial charge is 0.271 e. The standard InChI is InChI=1S/C28H44N7O4.3ClH/c1-5-34-25-18-22(23-20-30-33(21-23)8-7-31-9-15-39-16-10-31)17-24(27(25)35(6-2)26(34)19-29)28(36)32(11-13-37-3)12-14-38-4;;;/h17-18,20-21H,5-16,19,29H2,1-4H3;3*1H/q+1;;;/p-1. The maximum atomic E-state index is 14.1. The molecule has 1 aromatic carbocycles. The second-order valence-corrected chi connectivity index (χ2v) is 9.72. The number of imidazole rings is 1. The van der Waals surface area contributed by atoms with E-state index in [9.17, 15) is 4.79 Å². The molecule has 14 heteroatoms. The Hall–Kier alpha value is -1.96. The summed E-state index contributed by atoms with van der Waals surface area (Å²) in [7, 11) is 3.29. The molecule has 1 aliphatic rings. The molecule has 0 spiro atoms. The predicted molar refractivity (Wildman–Crippen MR) is 164 cm³/mol. The first-order valence-electron chi connectivity index (χ1n) is 13.9. The average molecular weight is 651 g/mol. The highest BCUT2D eigenvalue weighted by atomic mass is 35.5. The highest BCUT2D eigenvalue weighted by Gasteiger charge is 2.30. The third-order valence-electron chi connectivity index (χ3n) is 7.45. The van der Waals surface area contributed by atoms with Gasteiger partial charge in [0.1, 0.15) is 0 Å². The topological polar surface area (TPSA) is 104 Å². The van der Waals surface area contributed by atoms with Crippen LogP contribution in [0.3, 0.4) is 0 Å². The Bertz CT molecular complexity index is 1240. The van der Waals surface area contributed by atoms with Crippen LogP contribution in [0.1, 0.15) is 30.0 Å². The summed E-state index contributed by atoms with van der Waals surface area (Å²) in [4.78, 5) is 18.3. The lowest BCUT2D eigenvalue weighted by Crippen LogP contribution is -3.00. The van der Waals surface area contributed by atoms with Gasteiger partial charge in [-0.25, -0.2) is 9.13 Å². The lowest BCUT2D eigenvalue weighted by molar-refractivity contribution is -0.676. The zero-order valence-electron chi connectivity index (χ0n) is 25.1. The minimum absolute atomic E-state index is 0. The number of benzene rings is 1. The Kier molecular flexibility index (Phi) is 16.9. The van der Waals surface area contributed by atoms with Crippen LogP contribution < -0.4 is 22.7 Å². The molecule has 1 aliphatic heterocycles. The van der Waals surface area contributed by atoms with Crippen LogP contribution in [0.4, 0.5) is 0 Å². The summed E-state index contributed by atoms with van der Waals surface area (Å²) in [6.45, 7) is 13.1. The van der Waals surface area contributed by atoms with Gasteiger partial charge in [0.15, 0.2) is 11.0 Å². The van der Waals surface area contributed by atoms with Crippen molar-refractivity contribution < 1.29 is 36.0 Å². The number of hydrogen-bond acceptors (Lipinski definition) is 7. The van der Waals surface area contributed by atoms with Crippen LogP contribution in [0.15, 0.2) is 24.5 Å². The molecule has 4 rings (SSSR count). The minimum Gasteiger partial charge on any atom is -1.00 e. The number of amides is 1. The van der Waals surface area contributed by atoms with Gasteiger partial charge in [-0.3, -0.25) is 14.4 Å². The van der Waals surface area contributed by atoms with Crippen molar-refractivity contribution >= 4 is 41.8 Å². The summed E-state index contributed by atoms with van der Waals surface area (Å²) >= 11 is 0. The van der Waals surface area contributed by atoms with Gasteiger partial charge in [-0.2, -0.15) is 5.10 Å². The third-order valence-corrected chi connectivity index (χ3v) is 7.45. The highest BCUT2D eigenvalue weighted by Crippen LogP contribution is 2.29.